The first-order valence-corrected chi connectivity index (χ1v) is 7.71. The van der Waals surface area contributed by atoms with Gasteiger partial charge >= 0.3 is 0 Å². The van der Waals surface area contributed by atoms with Crippen molar-refractivity contribution >= 4 is 5.91 Å². The summed E-state index contributed by atoms with van der Waals surface area (Å²) >= 11 is 0. The summed E-state index contributed by atoms with van der Waals surface area (Å²) in [7, 11) is 1.71. The number of amides is 1. The molecule has 0 aliphatic carbocycles. The molecule has 5 heteroatoms. The van der Waals surface area contributed by atoms with E-state index in [9.17, 15) is 4.79 Å². The summed E-state index contributed by atoms with van der Waals surface area (Å²) in [5.41, 5.74) is -0.111. The van der Waals surface area contributed by atoms with Gasteiger partial charge in [0.1, 0.15) is 0 Å². The highest BCUT2D eigenvalue weighted by Crippen LogP contribution is 2.25. The molecule has 2 saturated heterocycles. The molecule has 0 saturated carbocycles. The molecule has 0 aromatic carbocycles. The van der Waals surface area contributed by atoms with Gasteiger partial charge in [0.15, 0.2) is 0 Å². The van der Waals surface area contributed by atoms with Gasteiger partial charge in [-0.15, -0.1) is 0 Å². The van der Waals surface area contributed by atoms with Gasteiger partial charge in [0.25, 0.3) is 0 Å². The molecule has 20 heavy (non-hydrogen) atoms. The number of hydrogen-bond donors (Lipinski definition) is 1. The Balaban J connectivity index is 1.70. The highest BCUT2D eigenvalue weighted by molar-refractivity contribution is 5.76. The van der Waals surface area contributed by atoms with E-state index < -0.39 is 0 Å². The molecule has 1 N–H and O–H groups in total. The second kappa shape index (κ2) is 6.87. The summed E-state index contributed by atoms with van der Waals surface area (Å²) in [4.78, 5) is 17.4. The second-order valence-electron chi connectivity index (χ2n) is 6.62. The molecule has 2 heterocycles. The van der Waals surface area contributed by atoms with Crippen molar-refractivity contribution in [3.63, 3.8) is 0 Å². The Morgan fingerprint density at radius 2 is 2.05 bits per heavy atom. The smallest absolute Gasteiger partial charge is 0.220 e. The SMILES string of the molecule is CON1CCC(CC(=O)N[C@H]2CCOC(C)(C)C2)CC1. The molecular formula is C15H28N2O3. The Kier molecular flexibility index (Phi) is 5.41. The van der Waals surface area contributed by atoms with Crippen LogP contribution in [0, 0.1) is 5.92 Å². The van der Waals surface area contributed by atoms with Crippen molar-refractivity contribution in [3.8, 4) is 0 Å². The summed E-state index contributed by atoms with van der Waals surface area (Å²) in [5, 5.41) is 5.15. The van der Waals surface area contributed by atoms with Gasteiger partial charge in [-0.2, -0.15) is 5.06 Å². The number of ether oxygens (including phenoxy) is 1. The molecule has 5 nitrogen and oxygen atoms in total. The van der Waals surface area contributed by atoms with Gasteiger partial charge in [0.2, 0.25) is 5.91 Å². The lowest BCUT2D eigenvalue weighted by Gasteiger charge is -2.36. The van der Waals surface area contributed by atoms with Crippen molar-refractivity contribution in [1.82, 2.24) is 10.4 Å². The molecular weight excluding hydrogens is 256 g/mol. The van der Waals surface area contributed by atoms with Crippen molar-refractivity contribution in [2.45, 2.75) is 57.6 Å². The highest BCUT2D eigenvalue weighted by Gasteiger charge is 2.30. The van der Waals surface area contributed by atoms with Crippen molar-refractivity contribution in [2.24, 2.45) is 5.92 Å². The maximum absolute atomic E-state index is 12.1. The molecule has 0 aromatic heterocycles. The van der Waals surface area contributed by atoms with Crippen molar-refractivity contribution in [2.75, 3.05) is 26.8 Å². The topological polar surface area (TPSA) is 50.8 Å². The van der Waals surface area contributed by atoms with Crippen LogP contribution >= 0.6 is 0 Å². The van der Waals surface area contributed by atoms with E-state index in [1.807, 2.05) is 5.06 Å². The third kappa shape index (κ3) is 4.72. The molecule has 0 aromatic rings. The molecule has 2 fully saturated rings. The Labute approximate surface area is 121 Å². The number of hydroxylamine groups is 2. The molecule has 116 valence electrons. The maximum Gasteiger partial charge on any atom is 0.220 e. The minimum absolute atomic E-state index is 0.111. The number of piperidine rings is 1. The second-order valence-corrected chi connectivity index (χ2v) is 6.62. The summed E-state index contributed by atoms with van der Waals surface area (Å²) in [5.74, 6) is 0.692. The molecule has 2 aliphatic rings. The molecule has 0 bridgehead atoms. The normalized spacial score (nSPS) is 28.2. The van der Waals surface area contributed by atoms with Crippen molar-refractivity contribution in [3.05, 3.63) is 0 Å². The van der Waals surface area contributed by atoms with E-state index in [0.29, 0.717) is 12.3 Å². The first-order chi connectivity index (χ1) is 9.48. The molecule has 0 unspecified atom stereocenters. The van der Waals surface area contributed by atoms with Gasteiger partial charge in [0, 0.05) is 32.2 Å². The number of carbonyl (C=O) groups excluding carboxylic acids is 1. The van der Waals surface area contributed by atoms with Crippen LogP contribution in [-0.2, 0) is 14.4 Å². The minimum Gasteiger partial charge on any atom is -0.375 e. The third-order valence-corrected chi connectivity index (χ3v) is 4.37. The van der Waals surface area contributed by atoms with Crippen LogP contribution in [0.5, 0.6) is 0 Å². The lowest BCUT2D eigenvalue weighted by molar-refractivity contribution is -0.150. The van der Waals surface area contributed by atoms with Crippen LogP contribution in [0.1, 0.15) is 46.0 Å². The van der Waals surface area contributed by atoms with E-state index in [2.05, 4.69) is 19.2 Å². The maximum atomic E-state index is 12.1. The van der Waals surface area contributed by atoms with E-state index >= 15 is 0 Å². The fourth-order valence-electron chi connectivity index (χ4n) is 3.20. The monoisotopic (exact) mass is 284 g/mol. The van der Waals surface area contributed by atoms with Crippen LogP contribution in [0.25, 0.3) is 0 Å². The Bertz CT molecular complexity index is 325. The Hall–Kier alpha value is -0.650. The summed E-state index contributed by atoms with van der Waals surface area (Å²) in [6.45, 7) is 6.78. The largest absolute Gasteiger partial charge is 0.375 e. The van der Waals surface area contributed by atoms with E-state index in [4.69, 9.17) is 9.57 Å². The van der Waals surface area contributed by atoms with Crippen LogP contribution < -0.4 is 5.32 Å². The molecule has 2 rings (SSSR count). The average Bonchev–Trinajstić information content (AvgIpc) is 2.38. The predicted molar refractivity (Wildman–Crippen MR) is 77.1 cm³/mol. The zero-order valence-electron chi connectivity index (χ0n) is 13.0. The quantitative estimate of drug-likeness (QED) is 0.854. The van der Waals surface area contributed by atoms with Gasteiger partial charge in [-0.1, -0.05) is 0 Å². The zero-order valence-corrected chi connectivity index (χ0v) is 13.0. The Morgan fingerprint density at radius 1 is 1.35 bits per heavy atom. The first-order valence-electron chi connectivity index (χ1n) is 7.71. The van der Waals surface area contributed by atoms with Crippen LogP contribution in [0.3, 0.4) is 0 Å². The minimum atomic E-state index is -0.111. The van der Waals surface area contributed by atoms with Crippen LogP contribution in [0.2, 0.25) is 0 Å². The molecule has 1 amide bonds. The standard InChI is InChI=1S/C15H28N2O3/c1-15(2)11-13(6-9-20-15)16-14(18)10-12-4-7-17(19-3)8-5-12/h12-13H,4-11H2,1-3H3,(H,16,18)/t13-/m0/s1. The summed E-state index contributed by atoms with van der Waals surface area (Å²) in [6, 6.07) is 0.269. The zero-order chi connectivity index (χ0) is 14.6. The van der Waals surface area contributed by atoms with Crippen LogP contribution in [-0.4, -0.2) is 49.4 Å². The van der Waals surface area contributed by atoms with Gasteiger partial charge < -0.3 is 14.9 Å². The lowest BCUT2D eigenvalue weighted by atomic mass is 9.92. The lowest BCUT2D eigenvalue weighted by Crippen LogP contribution is -2.46. The fraction of sp³-hybridized carbons (Fsp3) is 0.933. The van der Waals surface area contributed by atoms with Crippen LogP contribution in [0.4, 0.5) is 0 Å². The van der Waals surface area contributed by atoms with E-state index in [-0.39, 0.29) is 17.6 Å². The molecule has 2 aliphatic heterocycles. The molecule has 0 radical (unpaired) electrons. The molecule has 0 spiro atoms. The number of hydrogen-bond acceptors (Lipinski definition) is 4. The van der Waals surface area contributed by atoms with E-state index in [1.54, 1.807) is 7.11 Å². The summed E-state index contributed by atoms with van der Waals surface area (Å²) < 4.78 is 5.68. The van der Waals surface area contributed by atoms with Gasteiger partial charge in [0.05, 0.1) is 12.7 Å². The highest BCUT2D eigenvalue weighted by atomic mass is 16.7. The number of nitrogens with one attached hydrogen (secondary N) is 1. The average molecular weight is 284 g/mol. The number of rotatable bonds is 4. The fourth-order valence-corrected chi connectivity index (χ4v) is 3.20. The van der Waals surface area contributed by atoms with Crippen molar-refractivity contribution in [1.29, 1.82) is 0 Å². The Morgan fingerprint density at radius 3 is 2.65 bits per heavy atom. The van der Waals surface area contributed by atoms with Gasteiger partial charge in [-0.25, -0.2) is 0 Å². The van der Waals surface area contributed by atoms with Gasteiger partial charge in [-0.05, 0) is 45.4 Å². The van der Waals surface area contributed by atoms with E-state index in [0.717, 1.165) is 45.4 Å². The predicted octanol–water partition coefficient (Wildman–Crippen LogP) is 1.72. The third-order valence-electron chi connectivity index (χ3n) is 4.37. The van der Waals surface area contributed by atoms with Crippen LogP contribution in [0.15, 0.2) is 0 Å². The number of carbonyl (C=O) groups is 1. The van der Waals surface area contributed by atoms with Crippen molar-refractivity contribution < 1.29 is 14.4 Å². The van der Waals surface area contributed by atoms with Gasteiger partial charge in [-0.3, -0.25) is 4.79 Å². The summed E-state index contributed by atoms with van der Waals surface area (Å²) in [6.07, 6.45) is 4.56. The van der Waals surface area contributed by atoms with E-state index in [1.165, 1.54) is 0 Å². The molecule has 1 atom stereocenters. The number of nitrogens with zero attached hydrogens (tertiary/aromatic N) is 1. The first kappa shape index (κ1) is 15.7.